The molecule has 4 nitrogen and oxygen atoms in total. The summed E-state index contributed by atoms with van der Waals surface area (Å²) < 4.78 is 5.32. The number of nitrogens with one attached hydrogen (secondary N) is 1. The monoisotopic (exact) mass is 304 g/mol. The van der Waals surface area contributed by atoms with E-state index in [1.807, 2.05) is 19.1 Å². The molecule has 2 aromatic rings. The van der Waals surface area contributed by atoms with Gasteiger partial charge in [-0.1, -0.05) is 29.3 Å². The highest BCUT2D eigenvalue weighted by Crippen LogP contribution is 2.20. The van der Waals surface area contributed by atoms with Crippen molar-refractivity contribution in [1.82, 2.24) is 10.3 Å². The van der Waals surface area contributed by atoms with Gasteiger partial charge in [0.05, 0.1) is 12.7 Å². The quantitative estimate of drug-likeness (QED) is 0.864. The van der Waals surface area contributed by atoms with Crippen LogP contribution in [0.4, 0.5) is 0 Å². The molecule has 2 rings (SSSR count). The van der Waals surface area contributed by atoms with Gasteiger partial charge >= 0.3 is 0 Å². The van der Waals surface area contributed by atoms with E-state index in [0.717, 1.165) is 16.9 Å². The van der Waals surface area contributed by atoms with Gasteiger partial charge in [-0.3, -0.25) is 4.79 Å². The van der Waals surface area contributed by atoms with Crippen LogP contribution in [0.25, 0.3) is 0 Å². The van der Waals surface area contributed by atoms with Crippen LogP contribution >= 0.6 is 11.6 Å². The molecule has 0 atom stereocenters. The Morgan fingerprint density at radius 1 is 1.38 bits per heavy atom. The van der Waals surface area contributed by atoms with Crippen LogP contribution in [0.15, 0.2) is 36.5 Å². The summed E-state index contributed by atoms with van der Waals surface area (Å²) in [4.78, 5) is 15.9. The molecule has 21 heavy (non-hydrogen) atoms. The predicted octanol–water partition coefficient (Wildman–Crippen LogP) is 3.02. The number of amides is 1. The number of hydrogen-bond acceptors (Lipinski definition) is 3. The maximum absolute atomic E-state index is 12.0. The van der Waals surface area contributed by atoms with E-state index in [-0.39, 0.29) is 11.1 Å². The van der Waals surface area contributed by atoms with E-state index in [9.17, 15) is 4.79 Å². The van der Waals surface area contributed by atoms with Crippen LogP contribution in [0.3, 0.4) is 0 Å². The topological polar surface area (TPSA) is 51.2 Å². The second kappa shape index (κ2) is 7.09. The zero-order chi connectivity index (χ0) is 15.2. The van der Waals surface area contributed by atoms with Gasteiger partial charge in [-0.2, -0.15) is 0 Å². The Labute approximate surface area is 129 Å². The lowest BCUT2D eigenvalue weighted by molar-refractivity contribution is 0.0954. The van der Waals surface area contributed by atoms with Gasteiger partial charge in [-0.15, -0.1) is 0 Å². The van der Waals surface area contributed by atoms with Crippen LogP contribution in [0.2, 0.25) is 5.15 Å². The molecule has 1 heterocycles. The Morgan fingerprint density at radius 3 is 2.90 bits per heavy atom. The SMILES string of the molecule is COc1ccc(C)cc1CCNC(=O)c1cccnc1Cl. The summed E-state index contributed by atoms with van der Waals surface area (Å²) in [5.41, 5.74) is 2.61. The summed E-state index contributed by atoms with van der Waals surface area (Å²) >= 11 is 5.89. The molecule has 0 bridgehead atoms. The summed E-state index contributed by atoms with van der Waals surface area (Å²) in [6.45, 7) is 2.53. The molecule has 1 aromatic carbocycles. The third-order valence-corrected chi connectivity index (χ3v) is 3.42. The maximum Gasteiger partial charge on any atom is 0.254 e. The molecular formula is C16H17ClN2O2. The Kier molecular flexibility index (Phi) is 5.17. The number of rotatable bonds is 5. The molecule has 1 N–H and O–H groups in total. The fourth-order valence-electron chi connectivity index (χ4n) is 2.06. The van der Waals surface area contributed by atoms with Crippen LogP contribution in [0, 0.1) is 6.92 Å². The summed E-state index contributed by atoms with van der Waals surface area (Å²) in [5, 5.41) is 3.05. The molecule has 5 heteroatoms. The number of pyridine rings is 1. The summed E-state index contributed by atoms with van der Waals surface area (Å²) in [5.74, 6) is 0.606. The van der Waals surface area contributed by atoms with Gasteiger partial charge in [0.25, 0.3) is 5.91 Å². The highest BCUT2D eigenvalue weighted by Gasteiger charge is 2.10. The summed E-state index contributed by atoms with van der Waals surface area (Å²) in [6.07, 6.45) is 2.24. The normalized spacial score (nSPS) is 10.2. The summed E-state index contributed by atoms with van der Waals surface area (Å²) in [7, 11) is 1.64. The molecule has 0 fully saturated rings. The Hall–Kier alpha value is -2.07. The van der Waals surface area contributed by atoms with Gasteiger partial charge in [0, 0.05) is 12.7 Å². The number of carbonyl (C=O) groups excluding carboxylic acids is 1. The first-order valence-corrected chi connectivity index (χ1v) is 7.02. The average molecular weight is 305 g/mol. The van der Waals surface area contributed by atoms with E-state index in [4.69, 9.17) is 16.3 Å². The first-order valence-electron chi connectivity index (χ1n) is 6.64. The van der Waals surface area contributed by atoms with Gasteiger partial charge in [0.1, 0.15) is 10.9 Å². The van der Waals surface area contributed by atoms with Crippen LogP contribution in [-0.2, 0) is 6.42 Å². The lowest BCUT2D eigenvalue weighted by Crippen LogP contribution is -2.26. The number of aromatic nitrogens is 1. The third kappa shape index (κ3) is 3.95. The molecule has 0 unspecified atom stereocenters. The van der Waals surface area contributed by atoms with Gasteiger partial charge in [-0.05, 0) is 37.1 Å². The van der Waals surface area contributed by atoms with E-state index < -0.39 is 0 Å². The van der Waals surface area contributed by atoms with Crippen molar-refractivity contribution in [3.8, 4) is 5.75 Å². The molecule has 0 saturated heterocycles. The number of aryl methyl sites for hydroxylation is 1. The molecule has 0 saturated carbocycles. The number of carbonyl (C=O) groups is 1. The Balaban J connectivity index is 1.97. The van der Waals surface area contributed by atoms with Gasteiger partial charge in [-0.25, -0.2) is 4.98 Å². The van der Waals surface area contributed by atoms with Crippen molar-refractivity contribution < 1.29 is 9.53 Å². The molecule has 0 aliphatic carbocycles. The van der Waals surface area contributed by atoms with Crippen molar-refractivity contribution in [3.05, 3.63) is 58.4 Å². The van der Waals surface area contributed by atoms with Crippen molar-refractivity contribution in [3.63, 3.8) is 0 Å². The summed E-state index contributed by atoms with van der Waals surface area (Å²) in [6, 6.07) is 9.32. The van der Waals surface area contributed by atoms with E-state index in [2.05, 4.69) is 16.4 Å². The number of nitrogens with zero attached hydrogens (tertiary/aromatic N) is 1. The number of methoxy groups -OCH3 is 1. The van der Waals surface area contributed by atoms with Crippen molar-refractivity contribution in [2.75, 3.05) is 13.7 Å². The first-order chi connectivity index (χ1) is 10.1. The van der Waals surface area contributed by atoms with Gasteiger partial charge in [0.15, 0.2) is 0 Å². The zero-order valence-electron chi connectivity index (χ0n) is 12.0. The highest BCUT2D eigenvalue weighted by molar-refractivity contribution is 6.32. The fourth-order valence-corrected chi connectivity index (χ4v) is 2.27. The second-order valence-corrected chi connectivity index (χ2v) is 5.02. The van der Waals surface area contributed by atoms with Crippen molar-refractivity contribution in [1.29, 1.82) is 0 Å². The highest BCUT2D eigenvalue weighted by atomic mass is 35.5. The molecule has 0 radical (unpaired) electrons. The molecule has 0 aliphatic rings. The number of hydrogen-bond donors (Lipinski definition) is 1. The van der Waals surface area contributed by atoms with E-state index in [0.29, 0.717) is 18.5 Å². The van der Waals surface area contributed by atoms with E-state index in [1.54, 1.807) is 25.4 Å². The average Bonchev–Trinajstić information content (AvgIpc) is 2.48. The number of benzene rings is 1. The van der Waals surface area contributed by atoms with E-state index >= 15 is 0 Å². The first kappa shape index (κ1) is 15.3. The zero-order valence-corrected chi connectivity index (χ0v) is 12.8. The van der Waals surface area contributed by atoms with Gasteiger partial charge < -0.3 is 10.1 Å². The molecule has 0 aliphatic heterocycles. The maximum atomic E-state index is 12.0. The van der Waals surface area contributed by atoms with Crippen LogP contribution in [-0.4, -0.2) is 24.5 Å². The fraction of sp³-hybridized carbons (Fsp3) is 0.250. The minimum atomic E-state index is -0.222. The molecule has 110 valence electrons. The number of halogens is 1. The third-order valence-electron chi connectivity index (χ3n) is 3.12. The minimum Gasteiger partial charge on any atom is -0.496 e. The molecular weight excluding hydrogens is 288 g/mol. The number of ether oxygens (including phenoxy) is 1. The smallest absolute Gasteiger partial charge is 0.254 e. The molecule has 1 amide bonds. The molecule has 0 spiro atoms. The van der Waals surface area contributed by atoms with Gasteiger partial charge in [0.2, 0.25) is 0 Å². The second-order valence-electron chi connectivity index (χ2n) is 4.66. The minimum absolute atomic E-state index is 0.211. The molecule has 1 aromatic heterocycles. The van der Waals surface area contributed by atoms with Crippen LogP contribution < -0.4 is 10.1 Å². The predicted molar refractivity (Wildman–Crippen MR) is 83.0 cm³/mol. The lowest BCUT2D eigenvalue weighted by Gasteiger charge is -2.10. The largest absolute Gasteiger partial charge is 0.496 e. The Bertz CT molecular complexity index is 644. The van der Waals surface area contributed by atoms with Crippen molar-refractivity contribution in [2.24, 2.45) is 0 Å². The standard InChI is InChI=1S/C16H17ClN2O2/c1-11-5-6-14(21-2)12(10-11)7-9-19-16(20)13-4-3-8-18-15(13)17/h3-6,8,10H,7,9H2,1-2H3,(H,19,20). The van der Waals surface area contributed by atoms with Crippen molar-refractivity contribution >= 4 is 17.5 Å². The van der Waals surface area contributed by atoms with Crippen LogP contribution in [0.1, 0.15) is 21.5 Å². The van der Waals surface area contributed by atoms with Crippen molar-refractivity contribution in [2.45, 2.75) is 13.3 Å². The van der Waals surface area contributed by atoms with Crippen LogP contribution in [0.5, 0.6) is 5.75 Å². The Morgan fingerprint density at radius 2 is 2.19 bits per heavy atom. The van der Waals surface area contributed by atoms with E-state index in [1.165, 1.54) is 0 Å². The lowest BCUT2D eigenvalue weighted by atomic mass is 10.1.